The van der Waals surface area contributed by atoms with E-state index in [9.17, 15) is 0 Å². The molecule has 0 radical (unpaired) electrons. The fourth-order valence-corrected chi connectivity index (χ4v) is 3.61. The molecule has 0 atom stereocenters. The molecule has 1 aromatic rings. The van der Waals surface area contributed by atoms with Crippen LogP contribution in [-0.4, -0.2) is 6.00 Å². The molecule has 1 rings (SSSR count). The highest BCUT2D eigenvalue weighted by Gasteiger charge is 2.29. The van der Waals surface area contributed by atoms with Gasteiger partial charge in [0, 0.05) is 0 Å². The third kappa shape index (κ3) is 2.37. The molecule has 0 saturated heterocycles. The van der Waals surface area contributed by atoms with Gasteiger partial charge in [0.1, 0.15) is 0 Å². The van der Waals surface area contributed by atoms with Crippen LogP contribution in [0.3, 0.4) is 0 Å². The van der Waals surface area contributed by atoms with E-state index >= 15 is 0 Å². The van der Waals surface area contributed by atoms with Crippen molar-refractivity contribution in [1.29, 1.82) is 0 Å². The quantitative estimate of drug-likeness (QED) is 0.509. The Balaban J connectivity index is 3.14. The Bertz CT molecular complexity index is 254. The third-order valence-corrected chi connectivity index (χ3v) is 4.45. The monoisotopic (exact) mass is 224 g/mol. The summed E-state index contributed by atoms with van der Waals surface area (Å²) in [5.74, 6) is 0. The van der Waals surface area contributed by atoms with Crippen LogP contribution < -0.4 is 5.19 Å². The van der Waals surface area contributed by atoms with Gasteiger partial charge in [-0.25, -0.2) is 0 Å². The number of hydrogen-bond donors (Lipinski definition) is 0. The fourth-order valence-electron chi connectivity index (χ4n) is 0.891. The van der Waals surface area contributed by atoms with Gasteiger partial charge >= 0.3 is 6.00 Å². The van der Waals surface area contributed by atoms with Crippen molar-refractivity contribution in [3.63, 3.8) is 0 Å². The maximum absolute atomic E-state index is 5.83. The van der Waals surface area contributed by atoms with Crippen LogP contribution in [0.25, 0.3) is 0 Å². The van der Waals surface area contributed by atoms with Crippen LogP contribution >= 0.6 is 33.2 Å². The highest BCUT2D eigenvalue weighted by molar-refractivity contribution is 7.69. The maximum Gasteiger partial charge on any atom is 0.373 e. The first-order chi connectivity index (χ1) is 5.02. The summed E-state index contributed by atoms with van der Waals surface area (Å²) in [6.45, 7) is 1.95. The van der Waals surface area contributed by atoms with Crippen molar-refractivity contribution in [2.45, 2.75) is 6.92 Å². The van der Waals surface area contributed by atoms with Crippen LogP contribution in [0.1, 0.15) is 5.56 Å². The number of hydrogen-bond acceptors (Lipinski definition) is 0. The summed E-state index contributed by atoms with van der Waals surface area (Å²) in [6, 6.07) is 4.98. The number of rotatable bonds is 1. The van der Waals surface area contributed by atoms with E-state index in [0.717, 1.165) is 10.8 Å². The highest BCUT2D eigenvalue weighted by Crippen LogP contribution is 2.20. The van der Waals surface area contributed by atoms with Gasteiger partial charge in [0.25, 0.3) is 0 Å². The zero-order valence-electron chi connectivity index (χ0n) is 5.94. The molecule has 1 aromatic carbocycles. The van der Waals surface area contributed by atoms with Crippen molar-refractivity contribution in [1.82, 2.24) is 0 Å². The summed E-state index contributed by atoms with van der Waals surface area (Å²) in [6.07, 6.45) is 0. The molecule has 0 aliphatic rings. The minimum atomic E-state index is -2.66. The lowest BCUT2D eigenvalue weighted by Crippen LogP contribution is -2.32. The standard InChI is InChI=1S/C7H7Cl3Si/c1-6-4-2-3-5-7(6)11(8,9)10/h2-5H,1H3. The second kappa shape index (κ2) is 3.36. The van der Waals surface area contributed by atoms with Crippen molar-refractivity contribution in [3.05, 3.63) is 29.8 Å². The molecule has 11 heavy (non-hydrogen) atoms. The first kappa shape index (κ1) is 9.40. The molecular formula is C7H7Cl3Si. The van der Waals surface area contributed by atoms with E-state index in [1.165, 1.54) is 0 Å². The molecule has 0 nitrogen and oxygen atoms in total. The Hall–Kier alpha value is 0.307. The normalized spacial score (nSPS) is 11.6. The van der Waals surface area contributed by atoms with Crippen LogP contribution in [0, 0.1) is 6.92 Å². The van der Waals surface area contributed by atoms with Gasteiger partial charge in [-0.05, 0) is 17.7 Å². The Kier molecular flexibility index (Phi) is 2.87. The van der Waals surface area contributed by atoms with E-state index in [-0.39, 0.29) is 0 Å². The number of aryl methyl sites for hydroxylation is 1. The molecule has 0 bridgehead atoms. The lowest BCUT2D eigenvalue weighted by molar-refractivity contribution is 1.52. The molecule has 0 spiro atoms. The van der Waals surface area contributed by atoms with Gasteiger partial charge in [-0.2, -0.15) is 0 Å². The Morgan fingerprint density at radius 2 is 1.64 bits per heavy atom. The van der Waals surface area contributed by atoms with Crippen LogP contribution in [0.15, 0.2) is 24.3 Å². The summed E-state index contributed by atoms with van der Waals surface area (Å²) < 4.78 is 0. The summed E-state index contributed by atoms with van der Waals surface area (Å²) in [7, 11) is 0. The molecule has 60 valence electrons. The van der Waals surface area contributed by atoms with E-state index in [4.69, 9.17) is 33.2 Å². The minimum absolute atomic E-state index is 0.880. The van der Waals surface area contributed by atoms with E-state index in [1.807, 2.05) is 31.2 Å². The number of benzene rings is 1. The Labute approximate surface area is 81.2 Å². The summed E-state index contributed by atoms with van der Waals surface area (Å²) in [5, 5.41) is 0.880. The van der Waals surface area contributed by atoms with Crippen molar-refractivity contribution in [3.8, 4) is 0 Å². The van der Waals surface area contributed by atoms with Crippen molar-refractivity contribution >= 4 is 44.4 Å². The molecule has 0 unspecified atom stereocenters. The molecule has 0 aliphatic heterocycles. The molecule has 0 saturated carbocycles. The van der Waals surface area contributed by atoms with Gasteiger partial charge in [-0.1, -0.05) is 24.3 Å². The predicted molar refractivity (Wildman–Crippen MR) is 54.1 cm³/mol. The fraction of sp³-hybridized carbons (Fsp3) is 0.143. The summed E-state index contributed by atoms with van der Waals surface area (Å²) in [5.41, 5.74) is 1.05. The zero-order chi connectivity index (χ0) is 8.48. The zero-order valence-corrected chi connectivity index (χ0v) is 9.21. The van der Waals surface area contributed by atoms with Gasteiger partial charge in [0.2, 0.25) is 0 Å². The van der Waals surface area contributed by atoms with Crippen molar-refractivity contribution in [2.24, 2.45) is 0 Å². The average molecular weight is 226 g/mol. The maximum atomic E-state index is 5.83. The van der Waals surface area contributed by atoms with E-state index in [2.05, 4.69) is 0 Å². The Morgan fingerprint density at radius 1 is 1.09 bits per heavy atom. The van der Waals surface area contributed by atoms with Gasteiger partial charge in [-0.15, -0.1) is 33.2 Å². The van der Waals surface area contributed by atoms with Crippen LogP contribution in [0.2, 0.25) is 0 Å². The van der Waals surface area contributed by atoms with Crippen LogP contribution in [0.4, 0.5) is 0 Å². The number of halogens is 3. The lowest BCUT2D eigenvalue weighted by Gasteiger charge is -2.10. The highest BCUT2D eigenvalue weighted by atomic mass is 35.8. The van der Waals surface area contributed by atoms with E-state index < -0.39 is 6.00 Å². The van der Waals surface area contributed by atoms with Crippen molar-refractivity contribution < 1.29 is 0 Å². The SMILES string of the molecule is Cc1ccccc1[Si](Cl)(Cl)Cl. The second-order valence-electron chi connectivity index (χ2n) is 2.31. The molecule has 0 amide bonds. The first-order valence-corrected chi connectivity index (χ1v) is 8.18. The summed E-state index contributed by atoms with van der Waals surface area (Å²) in [4.78, 5) is 0. The third-order valence-electron chi connectivity index (χ3n) is 1.45. The molecule has 0 aliphatic carbocycles. The average Bonchev–Trinajstić information content (AvgIpc) is 1.86. The molecule has 4 heteroatoms. The molecular weight excluding hydrogens is 219 g/mol. The minimum Gasteiger partial charge on any atom is -0.121 e. The second-order valence-corrected chi connectivity index (χ2v) is 10.7. The van der Waals surface area contributed by atoms with Crippen LogP contribution in [-0.2, 0) is 0 Å². The molecule has 0 fully saturated rings. The summed E-state index contributed by atoms with van der Waals surface area (Å²) >= 11 is 17.5. The van der Waals surface area contributed by atoms with Crippen molar-refractivity contribution in [2.75, 3.05) is 0 Å². The van der Waals surface area contributed by atoms with E-state index in [0.29, 0.717) is 0 Å². The first-order valence-electron chi connectivity index (χ1n) is 3.14. The van der Waals surface area contributed by atoms with Gasteiger partial charge in [-0.3, -0.25) is 0 Å². The van der Waals surface area contributed by atoms with Crippen LogP contribution in [0.5, 0.6) is 0 Å². The van der Waals surface area contributed by atoms with E-state index in [1.54, 1.807) is 0 Å². The largest absolute Gasteiger partial charge is 0.373 e. The smallest absolute Gasteiger partial charge is 0.121 e. The molecule has 0 N–H and O–H groups in total. The lowest BCUT2D eigenvalue weighted by atomic mass is 10.2. The topological polar surface area (TPSA) is 0 Å². The predicted octanol–water partition coefficient (Wildman–Crippen LogP) is 2.86. The van der Waals surface area contributed by atoms with Gasteiger partial charge < -0.3 is 0 Å². The molecule has 0 aromatic heterocycles. The van der Waals surface area contributed by atoms with Gasteiger partial charge in [0.15, 0.2) is 0 Å². The van der Waals surface area contributed by atoms with Gasteiger partial charge in [0.05, 0.1) is 0 Å². The molecule has 0 heterocycles. The Morgan fingerprint density at radius 3 is 2.00 bits per heavy atom.